The Hall–Kier alpha value is -1.30. The van der Waals surface area contributed by atoms with Crippen LogP contribution in [0.3, 0.4) is 0 Å². The molecule has 0 radical (unpaired) electrons. The van der Waals surface area contributed by atoms with E-state index in [2.05, 4.69) is 20.9 Å². The molecular weight excluding hydrogens is 368 g/mol. The first-order valence-electron chi connectivity index (χ1n) is 5.55. The minimum absolute atomic E-state index is 0.232. The summed E-state index contributed by atoms with van der Waals surface area (Å²) in [5.41, 5.74) is 7.70. The lowest BCUT2D eigenvalue weighted by atomic mass is 10.2. The van der Waals surface area contributed by atoms with Crippen LogP contribution in [0.15, 0.2) is 34.8 Å². The number of nitrogens with two attached hydrogens (primary N) is 1. The number of imidazole rings is 1. The van der Waals surface area contributed by atoms with Gasteiger partial charge in [0.25, 0.3) is 0 Å². The summed E-state index contributed by atoms with van der Waals surface area (Å²) < 4.78 is 15.5. The van der Waals surface area contributed by atoms with E-state index in [0.717, 1.165) is 0 Å². The molecule has 0 aliphatic rings. The molecule has 0 unspecified atom stereocenters. The molecule has 2 N–H and O–H groups in total. The van der Waals surface area contributed by atoms with Gasteiger partial charge in [-0.05, 0) is 40.2 Å². The topological polar surface area (TPSA) is 43.8 Å². The monoisotopic (exact) mass is 373 g/mol. The van der Waals surface area contributed by atoms with Crippen LogP contribution in [0.25, 0.3) is 16.7 Å². The van der Waals surface area contributed by atoms with Crippen LogP contribution in [0, 0.1) is 5.82 Å². The van der Waals surface area contributed by atoms with Crippen molar-refractivity contribution in [2.45, 2.75) is 0 Å². The minimum Gasteiger partial charge on any atom is -0.369 e. The van der Waals surface area contributed by atoms with Crippen molar-refractivity contribution in [1.29, 1.82) is 0 Å². The van der Waals surface area contributed by atoms with Crippen LogP contribution in [0.1, 0.15) is 0 Å². The number of aromatic nitrogens is 2. The molecule has 3 nitrogen and oxygen atoms in total. The summed E-state index contributed by atoms with van der Waals surface area (Å²) in [7, 11) is 0. The zero-order chi connectivity index (χ0) is 14.4. The largest absolute Gasteiger partial charge is 0.369 e. The first-order valence-corrected chi connectivity index (χ1v) is 7.10. The van der Waals surface area contributed by atoms with Gasteiger partial charge in [0.1, 0.15) is 5.82 Å². The van der Waals surface area contributed by atoms with Crippen molar-refractivity contribution in [2.75, 3.05) is 5.73 Å². The molecule has 20 heavy (non-hydrogen) atoms. The van der Waals surface area contributed by atoms with Crippen molar-refractivity contribution in [2.24, 2.45) is 0 Å². The van der Waals surface area contributed by atoms with Gasteiger partial charge >= 0.3 is 0 Å². The van der Waals surface area contributed by atoms with Crippen LogP contribution >= 0.6 is 39.1 Å². The van der Waals surface area contributed by atoms with Crippen molar-refractivity contribution in [3.63, 3.8) is 0 Å². The molecule has 0 fully saturated rings. The number of nitrogens with zero attached hydrogens (tertiary/aromatic N) is 2. The smallest absolute Gasteiger partial charge is 0.205 e. The average molecular weight is 375 g/mol. The van der Waals surface area contributed by atoms with Gasteiger partial charge in [-0.2, -0.15) is 0 Å². The van der Waals surface area contributed by atoms with Gasteiger partial charge in [-0.15, -0.1) is 0 Å². The second kappa shape index (κ2) is 4.91. The highest BCUT2D eigenvalue weighted by Gasteiger charge is 2.13. The summed E-state index contributed by atoms with van der Waals surface area (Å²) in [5.74, 6) is -0.165. The Morgan fingerprint density at radius 2 is 1.75 bits per heavy atom. The number of fused-ring (bicyclic) bond motifs is 1. The normalized spacial score (nSPS) is 11.2. The Kier molecular flexibility index (Phi) is 3.36. The molecule has 1 aromatic heterocycles. The third-order valence-electron chi connectivity index (χ3n) is 2.83. The molecule has 1 heterocycles. The van der Waals surface area contributed by atoms with E-state index in [0.29, 0.717) is 31.2 Å². The van der Waals surface area contributed by atoms with Crippen molar-refractivity contribution in [3.8, 4) is 5.69 Å². The molecule has 0 bridgehead atoms. The van der Waals surface area contributed by atoms with Gasteiger partial charge in [0, 0.05) is 16.1 Å². The Morgan fingerprint density at radius 1 is 1.10 bits per heavy atom. The lowest BCUT2D eigenvalue weighted by Gasteiger charge is -2.08. The zero-order valence-corrected chi connectivity index (χ0v) is 13.0. The lowest BCUT2D eigenvalue weighted by Crippen LogP contribution is -2.00. The zero-order valence-electron chi connectivity index (χ0n) is 9.87. The summed E-state index contributed by atoms with van der Waals surface area (Å²) in [6, 6.07) is 7.98. The van der Waals surface area contributed by atoms with Crippen LogP contribution in [-0.4, -0.2) is 9.55 Å². The van der Waals surface area contributed by atoms with Crippen molar-refractivity contribution < 1.29 is 4.39 Å². The molecule has 0 saturated heterocycles. The average Bonchev–Trinajstić information content (AvgIpc) is 2.64. The van der Waals surface area contributed by atoms with Gasteiger partial charge in [0.2, 0.25) is 5.95 Å². The Labute approximate surface area is 132 Å². The first-order chi connectivity index (χ1) is 9.45. The summed E-state index contributed by atoms with van der Waals surface area (Å²) in [6.07, 6.45) is 0. The van der Waals surface area contributed by atoms with Crippen molar-refractivity contribution in [1.82, 2.24) is 9.55 Å². The van der Waals surface area contributed by atoms with E-state index in [1.54, 1.807) is 28.8 Å². The van der Waals surface area contributed by atoms with Crippen LogP contribution < -0.4 is 5.73 Å². The lowest BCUT2D eigenvalue weighted by molar-refractivity contribution is 0.623. The Morgan fingerprint density at radius 3 is 2.40 bits per heavy atom. The third-order valence-corrected chi connectivity index (χ3v) is 3.87. The number of benzene rings is 2. The fourth-order valence-electron chi connectivity index (χ4n) is 2.03. The summed E-state index contributed by atoms with van der Waals surface area (Å²) in [4.78, 5) is 4.14. The highest BCUT2D eigenvalue weighted by Crippen LogP contribution is 2.30. The van der Waals surface area contributed by atoms with Crippen LogP contribution in [0.4, 0.5) is 10.3 Å². The molecule has 0 aliphatic heterocycles. The molecule has 0 atom stereocenters. The standard InChI is InChI=1S/C13H7BrCl2FN3/c14-9-4-12-11(5-10(9)17)19-13(18)20(12)8-2-6(15)1-7(16)3-8/h1-5H,(H2,18,19). The molecule has 2 aromatic carbocycles. The van der Waals surface area contributed by atoms with Crippen LogP contribution in [0.5, 0.6) is 0 Å². The summed E-state index contributed by atoms with van der Waals surface area (Å²) in [5, 5.41) is 0.963. The maximum absolute atomic E-state index is 13.5. The quantitative estimate of drug-likeness (QED) is 0.663. The van der Waals surface area contributed by atoms with Gasteiger partial charge in [-0.3, -0.25) is 4.57 Å². The summed E-state index contributed by atoms with van der Waals surface area (Å²) in [6.45, 7) is 0. The molecule has 0 amide bonds. The predicted molar refractivity (Wildman–Crippen MR) is 83.2 cm³/mol. The number of hydrogen-bond donors (Lipinski definition) is 1. The minimum atomic E-state index is -0.397. The maximum atomic E-state index is 13.5. The van der Waals surface area contributed by atoms with Gasteiger partial charge in [-0.1, -0.05) is 23.2 Å². The number of rotatable bonds is 1. The Balaban J connectivity index is 2.35. The number of halogens is 4. The molecule has 0 spiro atoms. The van der Waals surface area contributed by atoms with Gasteiger partial charge in [-0.25, -0.2) is 9.37 Å². The van der Waals surface area contributed by atoms with Gasteiger partial charge < -0.3 is 5.73 Å². The van der Waals surface area contributed by atoms with Gasteiger partial charge in [0.15, 0.2) is 0 Å². The molecule has 0 saturated carbocycles. The second-order valence-electron chi connectivity index (χ2n) is 4.19. The highest BCUT2D eigenvalue weighted by atomic mass is 79.9. The number of anilines is 1. The van der Waals surface area contributed by atoms with E-state index in [-0.39, 0.29) is 5.95 Å². The molecule has 0 aliphatic carbocycles. The fraction of sp³-hybridized carbons (Fsp3) is 0. The third kappa shape index (κ3) is 2.26. The Bertz CT molecular complexity index is 812. The van der Waals surface area contributed by atoms with Crippen molar-refractivity contribution in [3.05, 3.63) is 50.7 Å². The van der Waals surface area contributed by atoms with E-state index in [4.69, 9.17) is 28.9 Å². The number of hydrogen-bond acceptors (Lipinski definition) is 2. The molecule has 3 rings (SSSR count). The first kappa shape index (κ1) is 13.7. The highest BCUT2D eigenvalue weighted by molar-refractivity contribution is 9.10. The molecule has 3 aromatic rings. The van der Waals surface area contributed by atoms with E-state index in [1.165, 1.54) is 6.07 Å². The van der Waals surface area contributed by atoms with E-state index in [1.807, 2.05) is 0 Å². The van der Waals surface area contributed by atoms with E-state index in [9.17, 15) is 4.39 Å². The van der Waals surface area contributed by atoms with Crippen molar-refractivity contribution >= 4 is 56.1 Å². The second-order valence-corrected chi connectivity index (χ2v) is 5.92. The summed E-state index contributed by atoms with van der Waals surface area (Å²) >= 11 is 15.1. The van der Waals surface area contributed by atoms with Crippen LogP contribution in [0.2, 0.25) is 10.0 Å². The van der Waals surface area contributed by atoms with E-state index < -0.39 is 5.82 Å². The SMILES string of the molecule is Nc1nc2cc(F)c(Br)cc2n1-c1cc(Cl)cc(Cl)c1. The van der Waals surface area contributed by atoms with Gasteiger partial charge in [0.05, 0.1) is 21.2 Å². The van der Waals surface area contributed by atoms with E-state index >= 15 is 0 Å². The molecule has 102 valence electrons. The molecule has 7 heteroatoms. The fourth-order valence-corrected chi connectivity index (χ4v) is 2.88. The predicted octanol–water partition coefficient (Wildman–Crippen LogP) is 4.82. The van der Waals surface area contributed by atoms with Crippen LogP contribution in [-0.2, 0) is 0 Å². The number of nitrogen functional groups attached to an aromatic ring is 1. The maximum Gasteiger partial charge on any atom is 0.205 e. The molecular formula is C13H7BrCl2FN3.